The summed E-state index contributed by atoms with van der Waals surface area (Å²) in [4.78, 5) is 40.2. The largest absolute Gasteiger partial charge is 0.480 e. The molecular formula is C22H30N6O7S2. The first-order valence-electron chi connectivity index (χ1n) is 11.1. The summed E-state index contributed by atoms with van der Waals surface area (Å²) in [5, 5.41) is 16.0. The number of aliphatic carboxylic acids is 1. The minimum Gasteiger partial charge on any atom is -0.480 e. The third-order valence-corrected chi connectivity index (χ3v) is 7.16. The number of hydrogen-bond acceptors (Lipinski definition) is 8. The number of ether oxygens (including phenoxy) is 1. The zero-order valence-corrected chi connectivity index (χ0v) is 21.7. The van der Waals surface area contributed by atoms with Gasteiger partial charge in [0.05, 0.1) is 10.6 Å². The molecule has 0 bridgehead atoms. The van der Waals surface area contributed by atoms with Crippen molar-refractivity contribution in [1.29, 1.82) is 0 Å². The van der Waals surface area contributed by atoms with E-state index >= 15 is 0 Å². The highest BCUT2D eigenvalue weighted by molar-refractivity contribution is 7.92. The molecule has 1 heterocycles. The Morgan fingerprint density at radius 3 is 2.59 bits per heavy atom. The van der Waals surface area contributed by atoms with Crippen molar-refractivity contribution in [3.8, 4) is 0 Å². The summed E-state index contributed by atoms with van der Waals surface area (Å²) in [6.07, 6.45) is 0.962. The summed E-state index contributed by atoms with van der Waals surface area (Å²) in [5.41, 5.74) is 10.6. The average molecular weight is 555 g/mol. The zero-order chi connectivity index (χ0) is 27.4. The molecule has 0 fully saturated rings. The van der Waals surface area contributed by atoms with Crippen LogP contribution in [-0.2, 0) is 19.6 Å². The van der Waals surface area contributed by atoms with E-state index in [1.54, 1.807) is 7.11 Å². The van der Waals surface area contributed by atoms with Crippen LogP contribution in [0.25, 0.3) is 0 Å². The van der Waals surface area contributed by atoms with E-state index in [9.17, 15) is 27.9 Å². The fraction of sp³-hybridized carbons (Fsp3) is 0.364. The second kappa shape index (κ2) is 14.2. The summed E-state index contributed by atoms with van der Waals surface area (Å²) in [7, 11) is -2.62. The molecule has 0 saturated heterocycles. The number of guanidine groups is 1. The van der Waals surface area contributed by atoms with Gasteiger partial charge in [0.2, 0.25) is 0 Å². The molecule has 15 heteroatoms. The molecule has 1 aromatic heterocycles. The van der Waals surface area contributed by atoms with E-state index in [1.807, 2.05) is 0 Å². The monoisotopic (exact) mass is 554 g/mol. The number of carbonyl (C=O) groups excluding carboxylic acids is 2. The average Bonchev–Trinajstić information content (AvgIpc) is 3.30. The molecule has 0 aliphatic rings. The number of nitrogens with two attached hydrogens (primary N) is 2. The van der Waals surface area contributed by atoms with Crippen molar-refractivity contribution in [2.45, 2.75) is 30.2 Å². The zero-order valence-electron chi connectivity index (χ0n) is 20.1. The van der Waals surface area contributed by atoms with Gasteiger partial charge < -0.3 is 31.9 Å². The number of anilines is 1. The van der Waals surface area contributed by atoms with Crippen LogP contribution in [0.15, 0.2) is 45.6 Å². The fourth-order valence-corrected chi connectivity index (χ4v) is 5.01. The van der Waals surface area contributed by atoms with Crippen molar-refractivity contribution >= 4 is 50.8 Å². The lowest BCUT2D eigenvalue weighted by Gasteiger charge is -2.15. The van der Waals surface area contributed by atoms with Crippen LogP contribution < -0.4 is 26.8 Å². The van der Waals surface area contributed by atoms with Gasteiger partial charge >= 0.3 is 5.97 Å². The first kappa shape index (κ1) is 29.5. The van der Waals surface area contributed by atoms with Crippen LogP contribution in [0.3, 0.4) is 0 Å². The van der Waals surface area contributed by atoms with Crippen molar-refractivity contribution in [1.82, 2.24) is 10.6 Å². The predicted molar refractivity (Wildman–Crippen MR) is 139 cm³/mol. The molecule has 0 aliphatic heterocycles. The minimum atomic E-state index is -4.17. The molecule has 37 heavy (non-hydrogen) atoms. The van der Waals surface area contributed by atoms with Gasteiger partial charge in [0.25, 0.3) is 21.8 Å². The number of carbonyl (C=O) groups is 3. The van der Waals surface area contributed by atoms with Crippen molar-refractivity contribution < 1.29 is 32.6 Å². The van der Waals surface area contributed by atoms with E-state index in [2.05, 4.69) is 20.3 Å². The number of hydrogen-bond donors (Lipinski definition) is 6. The summed E-state index contributed by atoms with van der Waals surface area (Å²) < 4.78 is 33.3. The van der Waals surface area contributed by atoms with E-state index in [4.69, 9.17) is 16.2 Å². The number of amides is 2. The Labute approximate surface area is 218 Å². The van der Waals surface area contributed by atoms with Crippen molar-refractivity contribution in [3.63, 3.8) is 0 Å². The van der Waals surface area contributed by atoms with Crippen LogP contribution in [0, 0.1) is 0 Å². The highest BCUT2D eigenvalue weighted by Gasteiger charge is 2.25. The van der Waals surface area contributed by atoms with Crippen LogP contribution in [-0.4, -0.2) is 70.1 Å². The minimum absolute atomic E-state index is 0.0221. The van der Waals surface area contributed by atoms with Gasteiger partial charge in [-0.1, -0.05) is 6.07 Å². The molecule has 0 radical (unpaired) electrons. The summed E-state index contributed by atoms with van der Waals surface area (Å²) in [6.45, 7) is 1.03. The van der Waals surface area contributed by atoms with Crippen LogP contribution in [0.4, 0.5) is 5.69 Å². The van der Waals surface area contributed by atoms with Gasteiger partial charge in [-0.15, -0.1) is 11.3 Å². The number of benzene rings is 1. The predicted octanol–water partition coefficient (Wildman–Crippen LogP) is 0.552. The number of thiophene rings is 1. The summed E-state index contributed by atoms with van der Waals surface area (Å²) in [5.74, 6) is -2.58. The molecule has 0 aliphatic carbocycles. The van der Waals surface area contributed by atoms with E-state index in [1.165, 1.54) is 35.7 Å². The molecule has 0 spiro atoms. The Balaban J connectivity index is 2.11. The van der Waals surface area contributed by atoms with E-state index in [0.29, 0.717) is 26.0 Å². The number of methoxy groups -OCH3 is 1. The Kier molecular flexibility index (Phi) is 11.3. The number of nitrogens with zero attached hydrogens (tertiary/aromatic N) is 1. The second-order valence-corrected chi connectivity index (χ2v) is 10.3. The van der Waals surface area contributed by atoms with Gasteiger partial charge in [-0.2, -0.15) is 0 Å². The van der Waals surface area contributed by atoms with Gasteiger partial charge in [-0.25, -0.2) is 13.2 Å². The number of sulfonamides is 1. The van der Waals surface area contributed by atoms with Crippen molar-refractivity contribution in [3.05, 3.63) is 46.2 Å². The Bertz CT molecular complexity index is 1230. The summed E-state index contributed by atoms with van der Waals surface area (Å²) in [6, 6.07) is 5.60. The Morgan fingerprint density at radius 2 is 1.92 bits per heavy atom. The third-order valence-electron chi connectivity index (χ3n) is 4.88. The maximum Gasteiger partial charge on any atom is 0.326 e. The quantitative estimate of drug-likeness (QED) is 0.103. The van der Waals surface area contributed by atoms with Crippen LogP contribution in [0.1, 0.15) is 39.3 Å². The molecule has 2 aromatic rings. The first-order valence-corrected chi connectivity index (χ1v) is 13.5. The second-order valence-electron chi connectivity index (χ2n) is 7.71. The lowest BCUT2D eigenvalue weighted by Crippen LogP contribution is -2.40. The lowest BCUT2D eigenvalue weighted by atomic mass is 10.1. The lowest BCUT2D eigenvalue weighted by molar-refractivity contribution is -0.139. The first-order chi connectivity index (χ1) is 17.5. The molecule has 0 saturated carbocycles. The molecule has 0 unspecified atom stereocenters. The maximum absolute atomic E-state index is 13.0. The van der Waals surface area contributed by atoms with E-state index in [-0.39, 0.29) is 39.9 Å². The van der Waals surface area contributed by atoms with Crippen LogP contribution in [0.2, 0.25) is 0 Å². The normalized spacial score (nSPS) is 11.8. The number of aliphatic imine (C=N–C) groups is 1. The van der Waals surface area contributed by atoms with Gasteiger partial charge in [-0.05, 0) is 48.9 Å². The van der Waals surface area contributed by atoms with Gasteiger partial charge in [0, 0.05) is 32.4 Å². The maximum atomic E-state index is 13.0. The Hall–Kier alpha value is -3.69. The SMILES string of the molecule is COCCCNC(=O)c1cccc(S(=O)(=O)Nc2ccsc2C(=O)N[C@@H](CCCN=C(N)N)C(=O)O)c1. The number of nitrogens with one attached hydrogen (secondary N) is 3. The highest BCUT2D eigenvalue weighted by atomic mass is 32.2. The highest BCUT2D eigenvalue weighted by Crippen LogP contribution is 2.26. The topological polar surface area (TPSA) is 215 Å². The Morgan fingerprint density at radius 1 is 1.16 bits per heavy atom. The number of rotatable bonds is 15. The molecule has 13 nitrogen and oxygen atoms in total. The summed E-state index contributed by atoms with van der Waals surface area (Å²) >= 11 is 0.939. The third kappa shape index (κ3) is 9.36. The molecule has 1 aromatic carbocycles. The van der Waals surface area contributed by atoms with E-state index < -0.39 is 33.8 Å². The molecule has 202 valence electrons. The van der Waals surface area contributed by atoms with Gasteiger partial charge in [-0.3, -0.25) is 19.3 Å². The molecule has 2 amide bonds. The van der Waals surface area contributed by atoms with Crippen LogP contribution >= 0.6 is 11.3 Å². The van der Waals surface area contributed by atoms with Gasteiger partial charge in [0.1, 0.15) is 10.9 Å². The van der Waals surface area contributed by atoms with Crippen LogP contribution in [0.5, 0.6) is 0 Å². The van der Waals surface area contributed by atoms with Gasteiger partial charge in [0.15, 0.2) is 5.96 Å². The smallest absolute Gasteiger partial charge is 0.326 e. The molecular weight excluding hydrogens is 524 g/mol. The fourth-order valence-electron chi connectivity index (χ4n) is 3.08. The molecule has 8 N–H and O–H groups in total. The standard InChI is InChI=1S/C22H30N6O7S2/c1-35-11-4-10-25-19(29)14-5-2-6-15(13-14)37(33,34)28-16-8-12-36-18(16)20(30)27-17(21(31)32)7-3-9-26-22(23)24/h2,5-6,8,12-13,17,28H,3-4,7,9-11H2,1H3,(H,25,29)(H,27,30)(H,31,32)(H4,23,24,26)/t17-/m0/s1. The van der Waals surface area contributed by atoms with Crippen molar-refractivity contribution in [2.75, 3.05) is 31.5 Å². The van der Waals surface area contributed by atoms with Crippen molar-refractivity contribution in [2.24, 2.45) is 16.5 Å². The van der Waals surface area contributed by atoms with E-state index in [0.717, 1.165) is 11.3 Å². The number of carboxylic acid groups (broad SMARTS) is 1. The number of carboxylic acids is 1. The molecule has 1 atom stereocenters. The molecule has 2 rings (SSSR count).